The van der Waals surface area contributed by atoms with Crippen molar-refractivity contribution in [2.24, 2.45) is 0 Å². The fraction of sp³-hybridized carbons (Fsp3) is 0.875. The molecule has 0 aliphatic rings. The number of carbonyl (C=O) groups is 1. The third-order valence-electron chi connectivity index (χ3n) is 0.302. The minimum absolute atomic E-state index is 0.222. The topological polar surface area (TPSA) is 37.3 Å². The van der Waals surface area contributed by atoms with Crippen LogP contribution < -0.4 is 0 Å². The molecule has 0 spiro atoms. The summed E-state index contributed by atoms with van der Waals surface area (Å²) >= 11 is 0. The molecule has 0 amide bonds. The van der Waals surface area contributed by atoms with Crippen molar-refractivity contribution in [1.29, 1.82) is 0 Å². The molecule has 2 nitrogen and oxygen atoms in total. The van der Waals surface area contributed by atoms with Gasteiger partial charge in [0.05, 0.1) is 0 Å². The van der Waals surface area contributed by atoms with Crippen molar-refractivity contribution in [3.63, 3.8) is 0 Å². The summed E-state index contributed by atoms with van der Waals surface area (Å²) in [5.74, 6) is -0.745. The number of aliphatic carboxylic acids is 1. The van der Waals surface area contributed by atoms with Crippen molar-refractivity contribution in [1.82, 2.24) is 0 Å². The minimum atomic E-state index is -0.745. The van der Waals surface area contributed by atoms with Gasteiger partial charge in [-0.25, -0.2) is 0 Å². The number of hydrogen-bond acceptors (Lipinski definition) is 1. The van der Waals surface area contributed by atoms with Gasteiger partial charge in [-0.05, 0) is 0 Å². The molecule has 0 rings (SSSR count). The van der Waals surface area contributed by atoms with E-state index in [0.29, 0.717) is 0 Å². The Kier molecular flexibility index (Phi) is 38.4. The molecule has 0 saturated heterocycles. The Labute approximate surface area is 64.3 Å². The number of rotatable bonds is 1. The van der Waals surface area contributed by atoms with Gasteiger partial charge in [-0.2, -0.15) is 0 Å². The smallest absolute Gasteiger partial charge is 0.303 e. The highest BCUT2D eigenvalue weighted by molar-refractivity contribution is 5.66. The van der Waals surface area contributed by atoms with Gasteiger partial charge in [0.25, 0.3) is 0 Å². The van der Waals surface area contributed by atoms with E-state index in [9.17, 15) is 4.79 Å². The molecule has 1 N–H and O–H groups in total. The predicted octanol–water partition coefficient (Wildman–Crippen LogP) is 2.92. The largest absolute Gasteiger partial charge is 0.481 e. The van der Waals surface area contributed by atoms with E-state index < -0.39 is 5.97 Å². The summed E-state index contributed by atoms with van der Waals surface area (Å²) in [7, 11) is 0. The summed E-state index contributed by atoms with van der Waals surface area (Å²) in [6.45, 7) is 9.85. The first-order valence-electron chi connectivity index (χ1n) is 3.90. The molecular formula is C8H20O2. The molecule has 2 heteroatoms. The van der Waals surface area contributed by atoms with E-state index in [2.05, 4.69) is 13.8 Å². The monoisotopic (exact) mass is 148 g/mol. The van der Waals surface area contributed by atoms with Crippen molar-refractivity contribution in [3.8, 4) is 0 Å². The second kappa shape index (κ2) is 23.7. The van der Waals surface area contributed by atoms with Crippen LogP contribution in [0.3, 0.4) is 0 Å². The standard InChI is InChI=1S/C3H6O2.C3H8.C2H6/c1-2-3(4)5;1-3-2;1-2/h2H2,1H3,(H,4,5);3H2,1-2H3;1-2H3. The Morgan fingerprint density at radius 3 is 1.30 bits per heavy atom. The van der Waals surface area contributed by atoms with E-state index in [1.165, 1.54) is 6.42 Å². The van der Waals surface area contributed by atoms with Crippen molar-refractivity contribution < 1.29 is 9.90 Å². The van der Waals surface area contributed by atoms with Gasteiger partial charge >= 0.3 is 5.97 Å². The maximum absolute atomic E-state index is 9.37. The summed E-state index contributed by atoms with van der Waals surface area (Å²) in [5.41, 5.74) is 0. The van der Waals surface area contributed by atoms with Crippen LogP contribution in [0.2, 0.25) is 0 Å². The average Bonchev–Trinajstić information content (AvgIpc) is 1.94. The normalized spacial score (nSPS) is 6.10. The zero-order valence-electron chi connectivity index (χ0n) is 7.77. The molecule has 0 aromatic heterocycles. The summed E-state index contributed by atoms with van der Waals surface area (Å²) in [4.78, 5) is 9.37. The van der Waals surface area contributed by atoms with Gasteiger partial charge < -0.3 is 5.11 Å². The molecule has 0 bridgehead atoms. The molecule has 0 radical (unpaired) electrons. The van der Waals surface area contributed by atoms with E-state index in [4.69, 9.17) is 5.11 Å². The Balaban J connectivity index is -0.0000000847. The van der Waals surface area contributed by atoms with Gasteiger partial charge in [0.2, 0.25) is 0 Å². The highest BCUT2D eigenvalue weighted by Gasteiger charge is 1.80. The summed E-state index contributed by atoms with van der Waals surface area (Å²) in [6, 6.07) is 0. The fourth-order valence-corrected chi connectivity index (χ4v) is 0. The SMILES string of the molecule is CC.CCC.CCC(=O)O. The highest BCUT2D eigenvalue weighted by Crippen LogP contribution is 1.67. The zero-order chi connectivity index (χ0) is 8.99. The zero-order valence-corrected chi connectivity index (χ0v) is 7.77. The van der Waals surface area contributed by atoms with Crippen molar-refractivity contribution in [3.05, 3.63) is 0 Å². The number of carboxylic acids is 1. The quantitative estimate of drug-likeness (QED) is 0.620. The van der Waals surface area contributed by atoms with Crippen LogP contribution in [0, 0.1) is 0 Å². The lowest BCUT2D eigenvalue weighted by Gasteiger charge is -1.71. The highest BCUT2D eigenvalue weighted by atomic mass is 16.4. The first-order chi connectivity index (χ1) is 4.68. The summed E-state index contributed by atoms with van der Waals surface area (Å²) < 4.78 is 0. The molecule has 0 heterocycles. The van der Waals surface area contributed by atoms with Crippen LogP contribution in [0.5, 0.6) is 0 Å². The molecule has 0 aliphatic carbocycles. The molecule has 0 aliphatic heterocycles. The van der Waals surface area contributed by atoms with E-state index in [-0.39, 0.29) is 6.42 Å². The van der Waals surface area contributed by atoms with Crippen LogP contribution in [0.1, 0.15) is 47.5 Å². The third-order valence-corrected chi connectivity index (χ3v) is 0.302. The van der Waals surface area contributed by atoms with E-state index >= 15 is 0 Å². The minimum Gasteiger partial charge on any atom is -0.481 e. The molecule has 64 valence electrons. The maximum atomic E-state index is 9.37. The van der Waals surface area contributed by atoms with Gasteiger partial charge in [-0.1, -0.05) is 41.0 Å². The van der Waals surface area contributed by atoms with Crippen molar-refractivity contribution in [2.75, 3.05) is 0 Å². The van der Waals surface area contributed by atoms with E-state index in [1.807, 2.05) is 13.8 Å². The third kappa shape index (κ3) is 145. The Hall–Kier alpha value is -0.530. The molecule has 0 atom stereocenters. The lowest BCUT2D eigenvalue weighted by atomic mass is 10.5. The van der Waals surface area contributed by atoms with Gasteiger partial charge in [0.15, 0.2) is 0 Å². The van der Waals surface area contributed by atoms with Gasteiger partial charge in [-0.3, -0.25) is 4.79 Å². The van der Waals surface area contributed by atoms with Crippen LogP contribution in [-0.2, 0) is 4.79 Å². The van der Waals surface area contributed by atoms with Gasteiger partial charge in [-0.15, -0.1) is 0 Å². The van der Waals surface area contributed by atoms with E-state index in [1.54, 1.807) is 6.92 Å². The van der Waals surface area contributed by atoms with Crippen LogP contribution in [0.25, 0.3) is 0 Å². The molecule has 0 aromatic rings. The molecular weight excluding hydrogens is 128 g/mol. The molecule has 0 saturated carbocycles. The fourth-order valence-electron chi connectivity index (χ4n) is 0. The van der Waals surface area contributed by atoms with Gasteiger partial charge in [0.1, 0.15) is 0 Å². The molecule has 0 fully saturated rings. The van der Waals surface area contributed by atoms with E-state index in [0.717, 1.165) is 0 Å². The van der Waals surface area contributed by atoms with Crippen LogP contribution in [-0.4, -0.2) is 11.1 Å². The number of carboxylic acid groups (broad SMARTS) is 1. The summed E-state index contributed by atoms with van der Waals surface area (Å²) in [5, 5.41) is 7.72. The van der Waals surface area contributed by atoms with Gasteiger partial charge in [0, 0.05) is 6.42 Å². The summed E-state index contributed by atoms with van der Waals surface area (Å²) in [6.07, 6.45) is 1.47. The predicted molar refractivity (Wildman–Crippen MR) is 45.2 cm³/mol. The van der Waals surface area contributed by atoms with Crippen molar-refractivity contribution in [2.45, 2.75) is 47.5 Å². The van der Waals surface area contributed by atoms with Crippen molar-refractivity contribution >= 4 is 5.97 Å². The lowest BCUT2D eigenvalue weighted by Crippen LogP contribution is -1.86. The second-order valence-electron chi connectivity index (χ2n) is 1.45. The van der Waals surface area contributed by atoms with Crippen LogP contribution >= 0.6 is 0 Å². The first-order valence-corrected chi connectivity index (χ1v) is 3.90. The Bertz CT molecular complexity index is 51.2. The Morgan fingerprint density at radius 2 is 1.30 bits per heavy atom. The molecule has 0 aromatic carbocycles. The van der Waals surface area contributed by atoms with Crippen LogP contribution in [0.4, 0.5) is 0 Å². The first kappa shape index (κ1) is 16.2. The second-order valence-corrected chi connectivity index (χ2v) is 1.45. The Morgan fingerprint density at radius 1 is 1.20 bits per heavy atom. The lowest BCUT2D eigenvalue weighted by molar-refractivity contribution is -0.136. The van der Waals surface area contributed by atoms with Crippen LogP contribution in [0.15, 0.2) is 0 Å². The molecule has 0 unspecified atom stereocenters. The maximum Gasteiger partial charge on any atom is 0.303 e. The average molecular weight is 148 g/mol. The molecule has 10 heavy (non-hydrogen) atoms. The number of hydrogen-bond donors (Lipinski definition) is 1.